The lowest BCUT2D eigenvalue weighted by Gasteiger charge is -2.33. The number of sulfonamides is 1. The van der Waals surface area contributed by atoms with Crippen molar-refractivity contribution in [2.45, 2.75) is 42.2 Å². The molecule has 1 aliphatic rings. The minimum absolute atomic E-state index is 0.0434. The van der Waals surface area contributed by atoms with Crippen LogP contribution in [-0.4, -0.2) is 77.9 Å². The number of benzene rings is 2. The van der Waals surface area contributed by atoms with Crippen LogP contribution in [-0.2, 0) is 21.2 Å². The number of amides is 2. The molecule has 0 aliphatic carbocycles. The van der Waals surface area contributed by atoms with E-state index in [0.29, 0.717) is 17.6 Å². The maximum Gasteiger partial charge on any atom is 0.409 e. The molecule has 3 aromatic rings. The Labute approximate surface area is 232 Å². The molecule has 0 radical (unpaired) electrons. The Morgan fingerprint density at radius 1 is 1.03 bits per heavy atom. The van der Waals surface area contributed by atoms with Crippen LogP contribution in [0, 0.1) is 0 Å². The highest BCUT2D eigenvalue weighted by atomic mass is 32.2. The number of piperazine rings is 1. The fraction of sp³-hybridized carbons (Fsp3) is 0.385. The molecule has 0 unspecified atom stereocenters. The van der Waals surface area contributed by atoms with Gasteiger partial charge in [0.05, 0.1) is 17.9 Å². The van der Waals surface area contributed by atoms with Crippen LogP contribution in [0.5, 0.6) is 0 Å². The number of anilines is 1. The summed E-state index contributed by atoms with van der Waals surface area (Å²) in [5.41, 5.74) is 1.24. The predicted octanol–water partition coefficient (Wildman–Crippen LogP) is 3.88. The summed E-state index contributed by atoms with van der Waals surface area (Å²) in [6.07, 6.45) is -0.0240. The number of hydrogen-bond donors (Lipinski definition) is 1. The number of hydrogen-bond acceptors (Lipinski definition) is 9. The van der Waals surface area contributed by atoms with Gasteiger partial charge in [-0.25, -0.2) is 13.2 Å². The molecule has 2 heterocycles. The second-order valence-electron chi connectivity index (χ2n) is 9.06. The van der Waals surface area contributed by atoms with Gasteiger partial charge in [0.25, 0.3) is 5.91 Å². The first kappa shape index (κ1) is 28.6. The van der Waals surface area contributed by atoms with Gasteiger partial charge in [-0.3, -0.25) is 10.1 Å². The van der Waals surface area contributed by atoms with Gasteiger partial charge in [0.15, 0.2) is 0 Å². The lowest BCUT2D eigenvalue weighted by molar-refractivity contribution is 0.0933. The minimum atomic E-state index is -3.78. The number of carbonyl (C=O) groups is 2. The smallest absolute Gasteiger partial charge is 0.409 e. The van der Waals surface area contributed by atoms with Crippen LogP contribution in [0.25, 0.3) is 0 Å². The zero-order valence-electron chi connectivity index (χ0n) is 22.0. The van der Waals surface area contributed by atoms with Crippen LogP contribution in [0.3, 0.4) is 0 Å². The van der Waals surface area contributed by atoms with Crippen LogP contribution in [0.15, 0.2) is 62.7 Å². The van der Waals surface area contributed by atoms with Gasteiger partial charge in [0.2, 0.25) is 15.9 Å². The Bertz CT molecular complexity index is 1380. The molecular formula is C26H31N5O6S2. The molecule has 208 valence electrons. The number of nitrogens with one attached hydrogen (secondary N) is 1. The van der Waals surface area contributed by atoms with E-state index in [1.54, 1.807) is 18.7 Å². The quantitative estimate of drug-likeness (QED) is 0.378. The monoisotopic (exact) mass is 573 g/mol. The molecule has 1 aliphatic heterocycles. The van der Waals surface area contributed by atoms with Crippen molar-refractivity contribution in [1.29, 1.82) is 0 Å². The molecule has 1 saturated heterocycles. The summed E-state index contributed by atoms with van der Waals surface area (Å²) in [5.74, 6) is -0.147. The fourth-order valence-corrected chi connectivity index (χ4v) is 6.19. The van der Waals surface area contributed by atoms with Gasteiger partial charge < -0.3 is 14.1 Å². The Balaban J connectivity index is 1.32. The third kappa shape index (κ3) is 7.37. The molecule has 13 heteroatoms. The van der Waals surface area contributed by atoms with Gasteiger partial charge >= 0.3 is 12.1 Å². The molecule has 1 fully saturated rings. The van der Waals surface area contributed by atoms with Crippen molar-refractivity contribution in [3.63, 3.8) is 0 Å². The van der Waals surface area contributed by atoms with E-state index >= 15 is 0 Å². The van der Waals surface area contributed by atoms with E-state index in [1.807, 2.05) is 24.3 Å². The van der Waals surface area contributed by atoms with Crippen LogP contribution < -0.4 is 5.32 Å². The number of thioether (sulfide) groups is 1. The van der Waals surface area contributed by atoms with Crippen molar-refractivity contribution in [1.82, 2.24) is 19.4 Å². The second-order valence-corrected chi connectivity index (χ2v) is 12.6. The van der Waals surface area contributed by atoms with Crippen LogP contribution >= 0.6 is 11.8 Å². The van der Waals surface area contributed by atoms with E-state index in [1.165, 1.54) is 38.4 Å². The Kier molecular flexibility index (Phi) is 9.25. The molecule has 2 amide bonds. The third-order valence-corrected chi connectivity index (χ3v) is 8.79. The van der Waals surface area contributed by atoms with Crippen LogP contribution in [0.4, 0.5) is 10.8 Å². The van der Waals surface area contributed by atoms with Gasteiger partial charge in [-0.05, 0) is 48.9 Å². The molecule has 1 N–H and O–H groups in total. The number of rotatable bonds is 9. The number of nitrogens with zero attached hydrogens (tertiary/aromatic N) is 4. The molecular weight excluding hydrogens is 542 g/mol. The average Bonchev–Trinajstić information content (AvgIpc) is 3.36. The normalized spacial score (nSPS) is 14.4. The van der Waals surface area contributed by atoms with E-state index in [4.69, 9.17) is 9.15 Å². The van der Waals surface area contributed by atoms with Crippen molar-refractivity contribution in [3.8, 4) is 0 Å². The summed E-state index contributed by atoms with van der Waals surface area (Å²) in [5, 5.41) is 10.9. The van der Waals surface area contributed by atoms with E-state index in [2.05, 4.69) is 29.4 Å². The number of carbonyl (C=O) groups excluding carboxylic acids is 2. The van der Waals surface area contributed by atoms with Gasteiger partial charge in [-0.15, -0.1) is 16.9 Å². The summed E-state index contributed by atoms with van der Waals surface area (Å²) >= 11 is 1.78. The lowest BCUT2D eigenvalue weighted by atomic mass is 10.1. The van der Waals surface area contributed by atoms with Crippen LogP contribution in [0.1, 0.15) is 42.6 Å². The van der Waals surface area contributed by atoms with Gasteiger partial charge in [0, 0.05) is 41.9 Å². The topological polar surface area (TPSA) is 135 Å². The van der Waals surface area contributed by atoms with E-state index in [9.17, 15) is 18.0 Å². The van der Waals surface area contributed by atoms with E-state index in [-0.39, 0.29) is 49.3 Å². The molecule has 0 saturated carbocycles. The molecule has 4 rings (SSSR count). The van der Waals surface area contributed by atoms with Crippen molar-refractivity contribution < 1.29 is 27.2 Å². The number of aromatic nitrogens is 2. The predicted molar refractivity (Wildman–Crippen MR) is 146 cm³/mol. The van der Waals surface area contributed by atoms with Gasteiger partial charge in [-0.2, -0.15) is 4.31 Å². The third-order valence-electron chi connectivity index (χ3n) is 5.86. The van der Waals surface area contributed by atoms with Crippen LogP contribution in [0.2, 0.25) is 0 Å². The highest BCUT2D eigenvalue weighted by Crippen LogP contribution is 2.24. The first-order valence-corrected chi connectivity index (χ1v) is 14.9. The van der Waals surface area contributed by atoms with E-state index in [0.717, 1.165) is 5.56 Å². The van der Waals surface area contributed by atoms with Crippen molar-refractivity contribution >= 4 is 39.8 Å². The van der Waals surface area contributed by atoms with E-state index < -0.39 is 22.0 Å². The summed E-state index contributed by atoms with van der Waals surface area (Å²) in [4.78, 5) is 27.3. The Hall–Kier alpha value is -3.42. The van der Waals surface area contributed by atoms with Gasteiger partial charge in [-0.1, -0.05) is 31.1 Å². The molecule has 39 heavy (non-hydrogen) atoms. The fourth-order valence-electron chi connectivity index (χ4n) is 3.93. The standard InChI is InChI=1S/C26H31N5O6S2/c1-4-36-26(33)30-13-15-31(16-14-30)39(34,35)22-11-7-20(8-12-22)24(32)27-25-29-28-23(37-25)17-19-5-9-21(10-6-19)38-18(2)3/h5-12,18H,4,13-17H2,1-3H3,(H,27,29,32). The molecule has 11 nitrogen and oxygen atoms in total. The Morgan fingerprint density at radius 3 is 2.31 bits per heavy atom. The molecule has 2 aromatic carbocycles. The zero-order chi connectivity index (χ0) is 28.0. The SMILES string of the molecule is CCOC(=O)N1CCN(S(=O)(=O)c2ccc(C(=O)Nc3nnc(Cc4ccc(SC(C)C)cc4)o3)cc2)CC1. The first-order valence-electron chi connectivity index (χ1n) is 12.6. The maximum atomic E-state index is 13.0. The summed E-state index contributed by atoms with van der Waals surface area (Å²) in [7, 11) is -3.78. The first-order chi connectivity index (χ1) is 18.7. The second kappa shape index (κ2) is 12.6. The zero-order valence-corrected chi connectivity index (χ0v) is 23.6. The highest BCUT2D eigenvalue weighted by molar-refractivity contribution is 7.99. The lowest BCUT2D eigenvalue weighted by Crippen LogP contribution is -2.50. The van der Waals surface area contributed by atoms with Crippen molar-refractivity contribution in [2.24, 2.45) is 0 Å². The maximum absolute atomic E-state index is 13.0. The number of ether oxygens (including phenoxy) is 1. The average molecular weight is 574 g/mol. The molecule has 0 bridgehead atoms. The highest BCUT2D eigenvalue weighted by Gasteiger charge is 2.30. The summed E-state index contributed by atoms with van der Waals surface area (Å²) in [6, 6.07) is 13.7. The van der Waals surface area contributed by atoms with Crippen molar-refractivity contribution in [2.75, 3.05) is 38.1 Å². The summed E-state index contributed by atoms with van der Waals surface area (Å²) < 4.78 is 37.9. The van der Waals surface area contributed by atoms with Crippen molar-refractivity contribution in [3.05, 3.63) is 65.5 Å². The van der Waals surface area contributed by atoms with Gasteiger partial charge in [0.1, 0.15) is 0 Å². The largest absolute Gasteiger partial charge is 0.450 e. The summed E-state index contributed by atoms with van der Waals surface area (Å²) in [6.45, 7) is 7.06. The Morgan fingerprint density at radius 2 is 1.69 bits per heavy atom. The molecule has 1 aromatic heterocycles. The molecule has 0 atom stereocenters. The molecule has 0 spiro atoms. The minimum Gasteiger partial charge on any atom is -0.450 e.